The van der Waals surface area contributed by atoms with Crippen molar-refractivity contribution in [1.82, 2.24) is 19.7 Å². The van der Waals surface area contributed by atoms with Crippen LogP contribution in [0.3, 0.4) is 0 Å². The van der Waals surface area contributed by atoms with Crippen molar-refractivity contribution < 1.29 is 43.2 Å². The van der Waals surface area contributed by atoms with Crippen molar-refractivity contribution in [3.63, 3.8) is 0 Å². The van der Waals surface area contributed by atoms with Gasteiger partial charge in [-0.25, -0.2) is 22.6 Å². The van der Waals surface area contributed by atoms with Gasteiger partial charge in [-0.3, -0.25) is 4.79 Å². The maximum Gasteiger partial charge on any atom is 0.370 e. The number of carbonyl (C=O) groups excluding carboxylic acids is 1. The van der Waals surface area contributed by atoms with Crippen LogP contribution in [0, 0.1) is 12.8 Å². The summed E-state index contributed by atoms with van der Waals surface area (Å²) < 4.78 is 34.1. The fourth-order valence-electron chi connectivity index (χ4n) is 4.46. The van der Waals surface area contributed by atoms with E-state index in [0.29, 0.717) is 16.9 Å². The molecule has 0 radical (unpaired) electrons. The summed E-state index contributed by atoms with van der Waals surface area (Å²) in [5.74, 6) is -3.11. The predicted octanol–water partition coefficient (Wildman–Crippen LogP) is 0.429. The molecule has 0 unspecified atom stereocenters. The highest BCUT2D eigenvalue weighted by atomic mass is 32.2. The molecule has 42 heavy (non-hydrogen) atoms. The third-order valence-electron chi connectivity index (χ3n) is 6.82. The monoisotopic (exact) mass is 601 g/mol. The number of para-hydroxylation sites is 1. The SMILES string of the molecule is Cc1ccc(S(=O)(=O)NCC(=O)Nc2ccccc2-c2cn([C@H]3C=C(C(=O)O)O[C@@H]([C@H](O)[C@H](O)CO)[C@@H]3C)nn2)cc1. The van der Waals surface area contributed by atoms with E-state index in [2.05, 4.69) is 20.4 Å². The van der Waals surface area contributed by atoms with Crippen molar-refractivity contribution in [2.45, 2.75) is 43.1 Å². The van der Waals surface area contributed by atoms with Crippen molar-refractivity contribution in [2.75, 3.05) is 18.5 Å². The summed E-state index contributed by atoms with van der Waals surface area (Å²) in [4.78, 5) is 24.4. The first-order valence-electron chi connectivity index (χ1n) is 12.9. The Morgan fingerprint density at radius 2 is 1.81 bits per heavy atom. The number of aryl methyl sites for hydroxylation is 1. The number of aromatic nitrogens is 3. The highest BCUT2D eigenvalue weighted by Gasteiger charge is 2.41. The number of aliphatic hydroxyl groups excluding tert-OH is 3. The summed E-state index contributed by atoms with van der Waals surface area (Å²) in [7, 11) is -3.91. The molecule has 0 spiro atoms. The lowest BCUT2D eigenvalue weighted by Crippen LogP contribution is -2.48. The molecule has 224 valence electrons. The van der Waals surface area contributed by atoms with Crippen LogP contribution < -0.4 is 10.0 Å². The number of aliphatic hydroxyl groups is 3. The smallest absolute Gasteiger partial charge is 0.370 e. The van der Waals surface area contributed by atoms with Crippen molar-refractivity contribution in [1.29, 1.82) is 0 Å². The minimum absolute atomic E-state index is 0.0287. The normalized spacial score (nSPS) is 20.2. The molecule has 0 saturated heterocycles. The Morgan fingerprint density at radius 1 is 1.12 bits per heavy atom. The zero-order valence-corrected chi connectivity index (χ0v) is 23.5. The molecule has 14 nitrogen and oxygen atoms in total. The Morgan fingerprint density at radius 3 is 2.48 bits per heavy atom. The molecule has 0 aliphatic carbocycles. The third-order valence-corrected chi connectivity index (χ3v) is 8.23. The Labute approximate surface area is 241 Å². The van der Waals surface area contributed by atoms with Gasteiger partial charge in [0.2, 0.25) is 21.7 Å². The van der Waals surface area contributed by atoms with E-state index < -0.39 is 71.1 Å². The van der Waals surface area contributed by atoms with Crippen LogP contribution in [0.1, 0.15) is 18.5 Å². The van der Waals surface area contributed by atoms with Gasteiger partial charge < -0.3 is 30.5 Å². The average Bonchev–Trinajstić information content (AvgIpc) is 3.46. The second-order valence-corrected chi connectivity index (χ2v) is 11.6. The summed E-state index contributed by atoms with van der Waals surface area (Å²) in [5.41, 5.74) is 1.98. The van der Waals surface area contributed by atoms with Gasteiger partial charge in [-0.15, -0.1) is 5.10 Å². The molecule has 1 amide bonds. The minimum Gasteiger partial charge on any atom is -0.480 e. The van der Waals surface area contributed by atoms with E-state index >= 15 is 0 Å². The molecular weight excluding hydrogens is 570 g/mol. The summed E-state index contributed by atoms with van der Waals surface area (Å²) in [5, 5.41) is 50.1. The molecule has 6 N–H and O–H groups in total. The van der Waals surface area contributed by atoms with Gasteiger partial charge in [-0.05, 0) is 31.2 Å². The molecule has 1 aliphatic heterocycles. The molecule has 0 bridgehead atoms. The highest BCUT2D eigenvalue weighted by Crippen LogP contribution is 2.35. The average molecular weight is 602 g/mol. The predicted molar refractivity (Wildman–Crippen MR) is 148 cm³/mol. The number of anilines is 1. The number of amides is 1. The van der Waals surface area contributed by atoms with E-state index in [-0.39, 0.29) is 4.90 Å². The van der Waals surface area contributed by atoms with Crippen molar-refractivity contribution >= 4 is 27.6 Å². The zero-order valence-electron chi connectivity index (χ0n) is 22.7. The number of nitrogens with zero attached hydrogens (tertiary/aromatic N) is 3. The summed E-state index contributed by atoms with van der Waals surface area (Å²) in [6.45, 7) is 2.20. The maximum absolute atomic E-state index is 12.7. The topological polar surface area (TPSA) is 213 Å². The number of carbonyl (C=O) groups is 2. The van der Waals surface area contributed by atoms with Crippen LogP contribution in [0.25, 0.3) is 11.3 Å². The van der Waals surface area contributed by atoms with Gasteiger partial charge in [0.15, 0.2) is 0 Å². The Balaban J connectivity index is 1.53. The molecule has 3 aromatic rings. The molecule has 1 aromatic heterocycles. The van der Waals surface area contributed by atoms with Crippen LogP contribution >= 0.6 is 0 Å². The van der Waals surface area contributed by atoms with E-state index in [4.69, 9.17) is 4.74 Å². The molecular formula is C27H31N5O9S. The molecule has 0 saturated carbocycles. The number of ether oxygens (including phenoxy) is 1. The van der Waals surface area contributed by atoms with Gasteiger partial charge in [0.05, 0.1) is 36.0 Å². The van der Waals surface area contributed by atoms with Gasteiger partial charge in [0.1, 0.15) is 24.0 Å². The van der Waals surface area contributed by atoms with Crippen molar-refractivity contribution in [2.24, 2.45) is 5.92 Å². The summed E-state index contributed by atoms with van der Waals surface area (Å²) in [6.07, 6.45) is -1.52. The number of aliphatic carboxylic acids is 1. The molecule has 15 heteroatoms. The van der Waals surface area contributed by atoms with E-state index in [1.165, 1.54) is 29.1 Å². The Hall–Kier alpha value is -4.15. The minimum atomic E-state index is -3.91. The van der Waals surface area contributed by atoms with Crippen LogP contribution in [-0.4, -0.2) is 87.2 Å². The van der Waals surface area contributed by atoms with Crippen LogP contribution in [0.4, 0.5) is 5.69 Å². The number of carboxylic acids is 1. The number of hydrogen-bond donors (Lipinski definition) is 6. The number of sulfonamides is 1. The number of hydrogen-bond acceptors (Lipinski definition) is 10. The standard InChI is InChI=1S/C27H31N5O9S/c1-15-7-9-17(10-8-15)42(39,40)28-12-24(35)29-19-6-4-3-5-18(19)20-13-32(31-30-20)21-11-23(27(37)38)41-26(16(21)2)25(36)22(34)14-33/h3-11,13,16,21-22,25-26,28,33-34,36H,12,14H2,1-2H3,(H,29,35)(H,37,38)/t16-,21+,22-,25-,26-/m1/s1. The number of benzene rings is 2. The summed E-state index contributed by atoms with van der Waals surface area (Å²) >= 11 is 0. The molecule has 5 atom stereocenters. The fourth-order valence-corrected chi connectivity index (χ4v) is 5.44. The fraction of sp³-hybridized carbons (Fsp3) is 0.333. The van der Waals surface area contributed by atoms with Crippen LogP contribution in [0.5, 0.6) is 0 Å². The van der Waals surface area contributed by atoms with Gasteiger partial charge in [-0.2, -0.15) is 0 Å². The first-order chi connectivity index (χ1) is 19.9. The van der Waals surface area contributed by atoms with Crippen LogP contribution in [0.2, 0.25) is 0 Å². The van der Waals surface area contributed by atoms with Gasteiger partial charge >= 0.3 is 5.97 Å². The second-order valence-electron chi connectivity index (χ2n) is 9.82. The van der Waals surface area contributed by atoms with Crippen molar-refractivity contribution in [3.05, 3.63) is 72.1 Å². The van der Waals surface area contributed by atoms with Crippen LogP contribution in [-0.2, 0) is 24.3 Å². The van der Waals surface area contributed by atoms with Crippen LogP contribution in [0.15, 0.2) is 71.5 Å². The van der Waals surface area contributed by atoms with E-state index in [1.54, 1.807) is 43.3 Å². The Kier molecular flexibility index (Phi) is 9.38. The molecule has 0 fully saturated rings. The lowest BCUT2D eigenvalue weighted by molar-refractivity contribution is -0.148. The lowest BCUT2D eigenvalue weighted by Gasteiger charge is -2.37. The quantitative estimate of drug-likeness (QED) is 0.177. The second kappa shape index (κ2) is 12.8. The van der Waals surface area contributed by atoms with Gasteiger partial charge in [0.25, 0.3) is 0 Å². The van der Waals surface area contributed by atoms with E-state index in [0.717, 1.165) is 5.56 Å². The van der Waals surface area contributed by atoms with E-state index in [1.807, 2.05) is 6.92 Å². The maximum atomic E-state index is 12.7. The first kappa shape index (κ1) is 30.8. The van der Waals surface area contributed by atoms with Gasteiger partial charge in [-0.1, -0.05) is 48.0 Å². The number of allylic oxidation sites excluding steroid dienone is 1. The number of carboxylic acid groups (broad SMARTS) is 1. The molecule has 2 aromatic carbocycles. The van der Waals surface area contributed by atoms with Crippen molar-refractivity contribution in [3.8, 4) is 11.3 Å². The third kappa shape index (κ3) is 6.83. The highest BCUT2D eigenvalue weighted by molar-refractivity contribution is 7.89. The molecule has 2 heterocycles. The number of nitrogens with one attached hydrogen (secondary N) is 2. The van der Waals surface area contributed by atoms with Gasteiger partial charge in [0, 0.05) is 11.5 Å². The Bertz CT molecular complexity index is 1570. The molecule has 1 aliphatic rings. The number of rotatable bonds is 11. The molecule has 4 rings (SSSR count). The lowest BCUT2D eigenvalue weighted by atomic mass is 9.87. The largest absolute Gasteiger partial charge is 0.480 e. The first-order valence-corrected chi connectivity index (χ1v) is 14.4. The zero-order chi connectivity index (χ0) is 30.6. The van der Waals surface area contributed by atoms with E-state index in [9.17, 15) is 38.4 Å². The summed E-state index contributed by atoms with van der Waals surface area (Å²) in [6, 6.07) is 12.1.